The van der Waals surface area contributed by atoms with Crippen LogP contribution in [0.2, 0.25) is 5.02 Å². The molecule has 0 fully saturated rings. The third kappa shape index (κ3) is 5.84. The molecule has 0 saturated carbocycles. The minimum atomic E-state index is -1.10. The lowest BCUT2D eigenvalue weighted by atomic mass is 10.2. The Morgan fingerprint density at radius 3 is 2.62 bits per heavy atom. The number of amides is 3. The normalized spacial score (nSPS) is 11.3. The summed E-state index contributed by atoms with van der Waals surface area (Å²) in [4.78, 5) is 44.9. The largest absolute Gasteiger partial charge is 0.452 e. The lowest BCUT2D eigenvalue weighted by Crippen LogP contribution is -2.44. The van der Waals surface area contributed by atoms with Gasteiger partial charge in [-0.2, -0.15) is 0 Å². The summed E-state index contributed by atoms with van der Waals surface area (Å²) in [5, 5.41) is 15.4. The second kappa shape index (κ2) is 8.82. The summed E-state index contributed by atoms with van der Waals surface area (Å²) in [6.45, 7) is 2.84. The van der Waals surface area contributed by atoms with Gasteiger partial charge in [0.1, 0.15) is 5.56 Å². The van der Waals surface area contributed by atoms with Crippen molar-refractivity contribution in [2.45, 2.75) is 26.3 Å². The fourth-order valence-electron chi connectivity index (χ4n) is 1.56. The lowest BCUT2D eigenvalue weighted by Gasteiger charge is -2.11. The molecular formula is C14H16ClN3O6. The number of benzene rings is 1. The van der Waals surface area contributed by atoms with Gasteiger partial charge in [0.2, 0.25) is 0 Å². The summed E-state index contributed by atoms with van der Waals surface area (Å²) < 4.78 is 4.67. The molecule has 0 radical (unpaired) electrons. The monoisotopic (exact) mass is 357 g/mol. The van der Waals surface area contributed by atoms with E-state index < -0.39 is 35.1 Å². The summed E-state index contributed by atoms with van der Waals surface area (Å²) in [6, 6.07) is 2.52. The van der Waals surface area contributed by atoms with E-state index in [1.165, 1.54) is 6.07 Å². The minimum absolute atomic E-state index is 0.102. The predicted molar refractivity (Wildman–Crippen MR) is 84.8 cm³/mol. The van der Waals surface area contributed by atoms with E-state index in [0.29, 0.717) is 6.42 Å². The van der Waals surface area contributed by atoms with Crippen molar-refractivity contribution >= 4 is 35.2 Å². The second-order valence-electron chi connectivity index (χ2n) is 4.83. The number of carbonyl (C=O) groups is 3. The first-order valence-corrected chi connectivity index (χ1v) is 7.33. The number of imide groups is 1. The molecule has 0 heterocycles. The topological polar surface area (TPSA) is 128 Å². The fourth-order valence-corrected chi connectivity index (χ4v) is 1.74. The Bertz CT molecular complexity index is 664. The van der Waals surface area contributed by atoms with Crippen molar-refractivity contribution < 1.29 is 24.0 Å². The van der Waals surface area contributed by atoms with Gasteiger partial charge in [0.05, 0.1) is 4.92 Å². The van der Waals surface area contributed by atoms with E-state index >= 15 is 0 Å². The lowest BCUT2D eigenvalue weighted by molar-refractivity contribution is -0.385. The molecule has 0 aliphatic carbocycles. The number of nitrogens with one attached hydrogen (secondary N) is 2. The Balaban J connectivity index is 2.63. The van der Waals surface area contributed by atoms with Crippen LogP contribution in [-0.2, 0) is 9.53 Å². The molecule has 0 aliphatic heterocycles. The van der Waals surface area contributed by atoms with Gasteiger partial charge in [0.25, 0.3) is 11.6 Å². The number of ether oxygens (including phenoxy) is 1. The molecule has 0 aliphatic rings. The van der Waals surface area contributed by atoms with E-state index in [1.807, 2.05) is 12.2 Å². The zero-order chi connectivity index (χ0) is 18.3. The second-order valence-corrected chi connectivity index (χ2v) is 5.26. The van der Waals surface area contributed by atoms with E-state index in [-0.39, 0.29) is 16.6 Å². The van der Waals surface area contributed by atoms with Crippen LogP contribution < -0.4 is 10.6 Å². The highest BCUT2D eigenvalue weighted by atomic mass is 35.5. The highest BCUT2D eigenvalue weighted by Gasteiger charge is 2.22. The molecule has 0 unspecified atom stereocenters. The first-order valence-electron chi connectivity index (χ1n) is 6.96. The van der Waals surface area contributed by atoms with Gasteiger partial charge in [-0.15, -0.1) is 0 Å². The van der Waals surface area contributed by atoms with Crippen LogP contribution in [0.1, 0.15) is 30.6 Å². The number of rotatable bonds is 6. The Hall–Kier alpha value is -2.68. The Morgan fingerprint density at radius 2 is 2.04 bits per heavy atom. The fraction of sp³-hybridized carbons (Fsp3) is 0.357. The summed E-state index contributed by atoms with van der Waals surface area (Å²) in [6.07, 6.45) is 0.676. The molecular weight excluding hydrogens is 342 g/mol. The van der Waals surface area contributed by atoms with Gasteiger partial charge < -0.3 is 10.1 Å². The number of nitro groups is 1. The SMILES string of the molecule is CC[C@H](C)NC(=O)NC(=O)COC(=O)c1cc(Cl)ccc1[N+](=O)[O-]. The maximum absolute atomic E-state index is 11.9. The molecule has 0 spiro atoms. The molecule has 9 nitrogen and oxygen atoms in total. The van der Waals surface area contributed by atoms with Gasteiger partial charge in [-0.1, -0.05) is 18.5 Å². The first kappa shape index (κ1) is 19.4. The van der Waals surface area contributed by atoms with Crippen molar-refractivity contribution in [1.29, 1.82) is 0 Å². The average Bonchev–Trinajstić information content (AvgIpc) is 2.51. The van der Waals surface area contributed by atoms with Gasteiger partial charge in [-0.05, 0) is 25.5 Å². The van der Waals surface area contributed by atoms with Crippen LogP contribution in [0.5, 0.6) is 0 Å². The van der Waals surface area contributed by atoms with E-state index in [0.717, 1.165) is 12.1 Å². The number of carbonyl (C=O) groups excluding carboxylic acids is 3. The van der Waals surface area contributed by atoms with Crippen molar-refractivity contribution in [3.8, 4) is 0 Å². The van der Waals surface area contributed by atoms with Crippen LogP contribution in [0.4, 0.5) is 10.5 Å². The Kier molecular flexibility index (Phi) is 7.12. The zero-order valence-electron chi connectivity index (χ0n) is 13.0. The van der Waals surface area contributed by atoms with Crippen LogP contribution in [-0.4, -0.2) is 35.5 Å². The summed E-state index contributed by atoms with van der Waals surface area (Å²) in [5.41, 5.74) is -0.885. The average molecular weight is 358 g/mol. The third-order valence-electron chi connectivity index (χ3n) is 2.95. The molecule has 24 heavy (non-hydrogen) atoms. The maximum Gasteiger partial charge on any atom is 0.345 e. The highest BCUT2D eigenvalue weighted by Crippen LogP contribution is 2.23. The molecule has 1 rings (SSSR count). The van der Waals surface area contributed by atoms with E-state index in [2.05, 4.69) is 10.1 Å². The number of hydrogen-bond donors (Lipinski definition) is 2. The van der Waals surface area contributed by atoms with Gasteiger partial charge in [0.15, 0.2) is 6.61 Å². The van der Waals surface area contributed by atoms with E-state index in [9.17, 15) is 24.5 Å². The van der Waals surface area contributed by atoms with Crippen LogP contribution in [0, 0.1) is 10.1 Å². The molecule has 1 aromatic rings. The zero-order valence-corrected chi connectivity index (χ0v) is 13.8. The van der Waals surface area contributed by atoms with Crippen LogP contribution >= 0.6 is 11.6 Å². The number of esters is 1. The molecule has 2 N–H and O–H groups in total. The standard InChI is InChI=1S/C14H16ClN3O6/c1-3-8(2)16-14(21)17-12(19)7-24-13(20)10-6-9(15)4-5-11(10)18(22)23/h4-6,8H,3,7H2,1-2H3,(H2,16,17,19,21)/t8-/m0/s1. The quantitative estimate of drug-likeness (QED) is 0.455. The van der Waals surface area contributed by atoms with Crippen molar-refractivity contribution in [1.82, 2.24) is 10.6 Å². The van der Waals surface area contributed by atoms with E-state index in [1.54, 1.807) is 6.92 Å². The molecule has 3 amide bonds. The predicted octanol–water partition coefficient (Wildman–Crippen LogP) is 2.03. The van der Waals surface area contributed by atoms with Gasteiger partial charge in [-0.25, -0.2) is 9.59 Å². The molecule has 0 bridgehead atoms. The molecule has 130 valence electrons. The smallest absolute Gasteiger partial charge is 0.345 e. The summed E-state index contributed by atoms with van der Waals surface area (Å²) >= 11 is 5.70. The summed E-state index contributed by atoms with van der Waals surface area (Å²) in [5.74, 6) is -1.96. The first-order chi connectivity index (χ1) is 11.2. The third-order valence-corrected chi connectivity index (χ3v) is 3.19. The number of urea groups is 1. The Morgan fingerprint density at radius 1 is 1.38 bits per heavy atom. The van der Waals surface area contributed by atoms with Crippen LogP contribution in [0.3, 0.4) is 0 Å². The molecule has 0 saturated heterocycles. The highest BCUT2D eigenvalue weighted by molar-refractivity contribution is 6.31. The summed E-state index contributed by atoms with van der Waals surface area (Å²) in [7, 11) is 0. The van der Waals surface area contributed by atoms with Gasteiger partial charge in [-0.3, -0.25) is 20.2 Å². The molecule has 1 aromatic carbocycles. The minimum Gasteiger partial charge on any atom is -0.452 e. The maximum atomic E-state index is 11.9. The molecule has 1 atom stereocenters. The van der Waals surface area contributed by atoms with Crippen molar-refractivity contribution in [2.24, 2.45) is 0 Å². The number of halogens is 1. The number of nitrogens with zero attached hydrogens (tertiary/aromatic N) is 1. The Labute approximate surface area is 142 Å². The van der Waals surface area contributed by atoms with Crippen molar-refractivity contribution in [3.63, 3.8) is 0 Å². The molecule has 0 aromatic heterocycles. The van der Waals surface area contributed by atoms with Crippen LogP contribution in [0.15, 0.2) is 18.2 Å². The van der Waals surface area contributed by atoms with Crippen LogP contribution in [0.25, 0.3) is 0 Å². The number of hydrogen-bond acceptors (Lipinski definition) is 6. The molecule has 10 heteroatoms. The van der Waals surface area contributed by atoms with Crippen molar-refractivity contribution in [3.05, 3.63) is 38.9 Å². The van der Waals surface area contributed by atoms with Crippen molar-refractivity contribution in [2.75, 3.05) is 6.61 Å². The van der Waals surface area contributed by atoms with E-state index in [4.69, 9.17) is 11.6 Å². The van der Waals surface area contributed by atoms with Gasteiger partial charge in [0, 0.05) is 17.1 Å². The van der Waals surface area contributed by atoms with Gasteiger partial charge >= 0.3 is 12.0 Å². The number of nitro benzene ring substituents is 1.